The fourth-order valence-corrected chi connectivity index (χ4v) is 4.00. The molecule has 0 aromatic carbocycles. The highest BCUT2D eigenvalue weighted by molar-refractivity contribution is 7.87. The zero-order chi connectivity index (χ0) is 18.3. The van der Waals surface area contributed by atoms with Gasteiger partial charge in [0, 0.05) is 25.9 Å². The zero-order valence-corrected chi connectivity index (χ0v) is 15.4. The molecule has 0 spiro atoms. The predicted octanol–water partition coefficient (Wildman–Crippen LogP) is -0.805. The molecule has 9 nitrogen and oxygen atoms in total. The summed E-state index contributed by atoms with van der Waals surface area (Å²) in [5, 5.41) is 16.2. The highest BCUT2D eigenvalue weighted by Crippen LogP contribution is 2.29. The first kappa shape index (κ1) is 18.8. The molecule has 2 atom stereocenters. The van der Waals surface area contributed by atoms with Gasteiger partial charge in [-0.1, -0.05) is 0 Å². The number of likely N-dealkylation sites (N-methyl/N-ethyl adjacent to an activating group) is 1. The minimum Gasteiger partial charge on any atom is -0.394 e. The normalized spacial score (nSPS) is 24.8. The number of aliphatic hydroxyl groups is 1. The minimum absolute atomic E-state index is 0.245. The monoisotopic (exact) mass is 359 g/mol. The number of aromatic nitrogens is 2. The Morgan fingerprint density at radius 3 is 2.62 bits per heavy atom. The first-order valence-electron chi connectivity index (χ1n) is 7.65. The van der Waals surface area contributed by atoms with Crippen LogP contribution in [-0.2, 0) is 22.1 Å². The molecule has 1 fully saturated rings. The van der Waals surface area contributed by atoms with Crippen LogP contribution in [0.2, 0.25) is 0 Å². The number of aliphatic hydroxyl groups excluding tert-OH is 1. The van der Waals surface area contributed by atoms with E-state index in [0.29, 0.717) is 5.69 Å². The molecule has 2 rings (SSSR count). The van der Waals surface area contributed by atoms with E-state index < -0.39 is 33.7 Å². The summed E-state index contributed by atoms with van der Waals surface area (Å²) in [6.45, 7) is 4.89. The summed E-state index contributed by atoms with van der Waals surface area (Å²) < 4.78 is 30.0. The largest absolute Gasteiger partial charge is 0.394 e. The van der Waals surface area contributed by atoms with Crippen LogP contribution in [0.5, 0.6) is 0 Å². The van der Waals surface area contributed by atoms with Crippen LogP contribution in [-0.4, -0.2) is 58.8 Å². The Hall–Kier alpha value is -1.49. The third-order valence-electron chi connectivity index (χ3n) is 4.15. The van der Waals surface area contributed by atoms with Crippen LogP contribution >= 0.6 is 0 Å². The SMILES string of the molecule is Cc1nn(C)cc1[C@H]1C[C@@H](C(=O)NC(C)(C)CO)N(C)S(=O)(=O)N1. The summed E-state index contributed by atoms with van der Waals surface area (Å²) in [5.41, 5.74) is 0.629. The van der Waals surface area contributed by atoms with Crippen molar-refractivity contribution >= 4 is 16.1 Å². The number of carbonyl (C=O) groups is 1. The molecule has 3 N–H and O–H groups in total. The maximum absolute atomic E-state index is 12.6. The van der Waals surface area contributed by atoms with Gasteiger partial charge in [-0.3, -0.25) is 9.48 Å². The summed E-state index contributed by atoms with van der Waals surface area (Å²) in [6, 6.07) is -1.40. The first-order chi connectivity index (χ1) is 11.0. The van der Waals surface area contributed by atoms with Crippen LogP contribution in [0, 0.1) is 6.92 Å². The van der Waals surface area contributed by atoms with E-state index in [2.05, 4.69) is 15.1 Å². The van der Waals surface area contributed by atoms with E-state index in [-0.39, 0.29) is 13.0 Å². The summed E-state index contributed by atoms with van der Waals surface area (Å²) in [7, 11) is -0.676. The molecule has 1 saturated heterocycles. The van der Waals surface area contributed by atoms with E-state index in [1.807, 2.05) is 0 Å². The molecule has 1 aromatic rings. The average molecular weight is 359 g/mol. The smallest absolute Gasteiger partial charge is 0.280 e. The highest BCUT2D eigenvalue weighted by Gasteiger charge is 2.42. The van der Waals surface area contributed by atoms with Crippen molar-refractivity contribution in [2.24, 2.45) is 7.05 Å². The lowest BCUT2D eigenvalue weighted by molar-refractivity contribution is -0.127. The van der Waals surface area contributed by atoms with Gasteiger partial charge in [0.05, 0.1) is 23.9 Å². The molecular weight excluding hydrogens is 334 g/mol. The van der Waals surface area contributed by atoms with Gasteiger partial charge in [0.25, 0.3) is 10.2 Å². The van der Waals surface area contributed by atoms with Crippen LogP contribution in [0.1, 0.15) is 37.6 Å². The number of carbonyl (C=O) groups excluding carboxylic acids is 1. The molecule has 1 aromatic heterocycles. The second-order valence-corrected chi connectivity index (χ2v) is 8.58. The van der Waals surface area contributed by atoms with Gasteiger partial charge in [-0.15, -0.1) is 0 Å². The third kappa shape index (κ3) is 3.77. The number of hydrogen-bond acceptors (Lipinski definition) is 5. The second-order valence-electron chi connectivity index (χ2n) is 6.82. The number of aryl methyl sites for hydroxylation is 2. The topological polar surface area (TPSA) is 117 Å². The minimum atomic E-state index is -3.80. The van der Waals surface area contributed by atoms with E-state index >= 15 is 0 Å². The lowest BCUT2D eigenvalue weighted by Crippen LogP contribution is -2.60. The molecule has 1 aliphatic rings. The van der Waals surface area contributed by atoms with Gasteiger partial charge in [-0.2, -0.15) is 22.5 Å². The van der Waals surface area contributed by atoms with Crippen LogP contribution in [0.25, 0.3) is 0 Å². The molecule has 0 saturated carbocycles. The summed E-state index contributed by atoms with van der Waals surface area (Å²) in [6.07, 6.45) is 2.02. The van der Waals surface area contributed by atoms with Crippen molar-refractivity contribution in [3.63, 3.8) is 0 Å². The Labute approximate surface area is 142 Å². The molecule has 0 radical (unpaired) electrons. The van der Waals surface area contributed by atoms with Gasteiger partial charge in [0.15, 0.2) is 0 Å². The predicted molar refractivity (Wildman–Crippen MR) is 88.2 cm³/mol. The van der Waals surface area contributed by atoms with Gasteiger partial charge in [-0.25, -0.2) is 0 Å². The lowest BCUT2D eigenvalue weighted by atomic mass is 9.99. The molecule has 24 heavy (non-hydrogen) atoms. The maximum Gasteiger partial charge on any atom is 0.280 e. The Kier molecular flexibility index (Phi) is 5.05. The highest BCUT2D eigenvalue weighted by atomic mass is 32.2. The third-order valence-corrected chi connectivity index (χ3v) is 5.75. The Balaban J connectivity index is 2.30. The van der Waals surface area contributed by atoms with Crippen molar-refractivity contribution in [3.05, 3.63) is 17.5 Å². The van der Waals surface area contributed by atoms with Gasteiger partial charge in [0.1, 0.15) is 6.04 Å². The van der Waals surface area contributed by atoms with Gasteiger partial charge >= 0.3 is 0 Å². The standard InChI is InChI=1S/C14H25N5O4S/c1-9-10(7-18(4)16-9)11-6-12(19(5)24(22,23)17-11)13(21)15-14(2,3)8-20/h7,11-12,17,20H,6,8H2,1-5H3,(H,15,21)/t11-,12+/m1/s1. The number of nitrogens with one attached hydrogen (secondary N) is 2. The molecule has 1 aliphatic heterocycles. The molecule has 0 unspecified atom stereocenters. The van der Waals surface area contributed by atoms with Gasteiger partial charge in [-0.05, 0) is 27.2 Å². The van der Waals surface area contributed by atoms with E-state index in [4.69, 9.17) is 0 Å². The number of rotatable bonds is 4. The van der Waals surface area contributed by atoms with Crippen molar-refractivity contribution in [2.45, 2.75) is 44.8 Å². The van der Waals surface area contributed by atoms with E-state index in [1.54, 1.807) is 38.7 Å². The fourth-order valence-electron chi connectivity index (χ4n) is 2.73. The Morgan fingerprint density at radius 1 is 1.50 bits per heavy atom. The molecule has 2 heterocycles. The average Bonchev–Trinajstić information content (AvgIpc) is 2.80. The molecule has 136 valence electrons. The maximum atomic E-state index is 12.6. The van der Waals surface area contributed by atoms with Crippen molar-refractivity contribution in [1.82, 2.24) is 24.1 Å². The van der Waals surface area contributed by atoms with Crippen LogP contribution in [0.3, 0.4) is 0 Å². The fraction of sp³-hybridized carbons (Fsp3) is 0.714. The van der Waals surface area contributed by atoms with Crippen molar-refractivity contribution in [3.8, 4) is 0 Å². The van der Waals surface area contributed by atoms with Crippen LogP contribution < -0.4 is 10.0 Å². The van der Waals surface area contributed by atoms with E-state index in [1.165, 1.54) is 7.05 Å². The summed E-state index contributed by atoms with van der Waals surface area (Å²) in [5.74, 6) is -0.437. The molecule has 10 heteroatoms. The Morgan fingerprint density at radius 2 is 2.12 bits per heavy atom. The summed E-state index contributed by atoms with van der Waals surface area (Å²) in [4.78, 5) is 12.6. The quantitative estimate of drug-likeness (QED) is 0.650. The number of amides is 1. The van der Waals surface area contributed by atoms with E-state index in [9.17, 15) is 18.3 Å². The molecule has 0 aliphatic carbocycles. The van der Waals surface area contributed by atoms with E-state index in [0.717, 1.165) is 9.87 Å². The zero-order valence-electron chi connectivity index (χ0n) is 14.6. The van der Waals surface area contributed by atoms with Gasteiger partial charge < -0.3 is 10.4 Å². The van der Waals surface area contributed by atoms with Crippen molar-refractivity contribution in [2.75, 3.05) is 13.7 Å². The number of hydrogen-bond donors (Lipinski definition) is 3. The Bertz CT molecular complexity index is 728. The van der Waals surface area contributed by atoms with Crippen LogP contribution in [0.15, 0.2) is 6.20 Å². The number of nitrogens with zero attached hydrogens (tertiary/aromatic N) is 3. The van der Waals surface area contributed by atoms with Crippen LogP contribution in [0.4, 0.5) is 0 Å². The lowest BCUT2D eigenvalue weighted by Gasteiger charge is -2.37. The summed E-state index contributed by atoms with van der Waals surface area (Å²) >= 11 is 0. The molecule has 1 amide bonds. The molecule has 0 bridgehead atoms. The molecular formula is C14H25N5O4S. The van der Waals surface area contributed by atoms with Crippen molar-refractivity contribution < 1.29 is 18.3 Å². The van der Waals surface area contributed by atoms with Crippen molar-refractivity contribution in [1.29, 1.82) is 0 Å². The second kappa shape index (κ2) is 6.43. The van der Waals surface area contributed by atoms with Gasteiger partial charge in [0.2, 0.25) is 5.91 Å². The first-order valence-corrected chi connectivity index (χ1v) is 9.09.